The smallest absolute Gasteiger partial charge is 0.321 e. The number of carbonyl (C=O) groups is 2. The lowest BCUT2D eigenvalue weighted by atomic mass is 9.68. The van der Waals surface area contributed by atoms with E-state index in [9.17, 15) is 19.1 Å². The van der Waals surface area contributed by atoms with Gasteiger partial charge in [-0.2, -0.15) is 0 Å². The van der Waals surface area contributed by atoms with Crippen LogP contribution in [0.25, 0.3) is 10.9 Å². The lowest BCUT2D eigenvalue weighted by molar-refractivity contribution is 0.0371. The summed E-state index contributed by atoms with van der Waals surface area (Å²) in [6.45, 7) is 1.10. The summed E-state index contributed by atoms with van der Waals surface area (Å²) in [5, 5.41) is 14.4. The van der Waals surface area contributed by atoms with Crippen molar-refractivity contribution in [2.75, 3.05) is 38.7 Å². The van der Waals surface area contributed by atoms with E-state index in [1.54, 1.807) is 41.2 Å². The third-order valence-corrected chi connectivity index (χ3v) is 8.29. The average molecular weight is 543 g/mol. The Bertz CT molecular complexity index is 1560. The summed E-state index contributed by atoms with van der Waals surface area (Å²) in [6.07, 6.45) is 1.23. The van der Waals surface area contributed by atoms with Gasteiger partial charge in [-0.15, -0.1) is 0 Å². The molecular formula is C31H31FN4O4. The molecule has 0 saturated carbocycles. The van der Waals surface area contributed by atoms with Crippen molar-refractivity contribution in [1.29, 1.82) is 0 Å². The number of likely N-dealkylation sites (tertiary alicyclic amines) is 1. The number of piperidine rings is 1. The number of hydrogen-bond donors (Lipinski definition) is 3. The zero-order chi connectivity index (χ0) is 27.9. The van der Waals surface area contributed by atoms with Gasteiger partial charge in [0.1, 0.15) is 11.6 Å². The van der Waals surface area contributed by atoms with Crippen LogP contribution in [0.15, 0.2) is 72.8 Å². The van der Waals surface area contributed by atoms with Crippen molar-refractivity contribution >= 4 is 28.5 Å². The number of aliphatic hydroxyl groups is 1. The van der Waals surface area contributed by atoms with Crippen LogP contribution in [-0.2, 0) is 5.41 Å². The maximum absolute atomic E-state index is 13.8. The number of fused-ring (bicyclic) bond motifs is 4. The number of hydrogen-bond acceptors (Lipinski definition) is 4. The molecule has 4 aromatic rings. The molecule has 40 heavy (non-hydrogen) atoms. The van der Waals surface area contributed by atoms with Gasteiger partial charge in [-0.25, -0.2) is 9.18 Å². The minimum absolute atomic E-state index is 0.146. The first-order chi connectivity index (χ1) is 19.4. The lowest BCUT2D eigenvalue weighted by Crippen LogP contribution is -2.56. The summed E-state index contributed by atoms with van der Waals surface area (Å²) < 4.78 is 19.1. The number of aromatic amines is 1. The Balaban J connectivity index is 1.36. The van der Waals surface area contributed by atoms with E-state index in [4.69, 9.17) is 4.74 Å². The summed E-state index contributed by atoms with van der Waals surface area (Å²) in [6, 6.07) is 20.0. The van der Waals surface area contributed by atoms with Crippen molar-refractivity contribution in [1.82, 2.24) is 14.8 Å². The van der Waals surface area contributed by atoms with E-state index in [2.05, 4.69) is 10.3 Å². The van der Waals surface area contributed by atoms with E-state index in [1.165, 1.54) is 12.1 Å². The molecular weight excluding hydrogens is 511 g/mol. The third-order valence-electron chi connectivity index (χ3n) is 8.29. The number of urea groups is 1. The van der Waals surface area contributed by atoms with Crippen LogP contribution in [0.3, 0.4) is 0 Å². The molecule has 2 aliphatic heterocycles. The third kappa shape index (κ3) is 4.46. The van der Waals surface area contributed by atoms with Gasteiger partial charge in [0.2, 0.25) is 0 Å². The number of aromatic nitrogens is 1. The number of halogens is 1. The summed E-state index contributed by atoms with van der Waals surface area (Å²) >= 11 is 0. The number of rotatable bonds is 4. The zero-order valence-corrected chi connectivity index (χ0v) is 22.2. The Kier molecular flexibility index (Phi) is 6.67. The van der Waals surface area contributed by atoms with Gasteiger partial charge >= 0.3 is 6.03 Å². The van der Waals surface area contributed by atoms with E-state index >= 15 is 0 Å². The van der Waals surface area contributed by atoms with Crippen molar-refractivity contribution in [3.05, 3.63) is 95.4 Å². The summed E-state index contributed by atoms with van der Waals surface area (Å²) in [4.78, 5) is 33.9. The van der Waals surface area contributed by atoms with Crippen molar-refractivity contribution in [2.45, 2.75) is 24.3 Å². The number of methoxy groups -OCH3 is 1. The van der Waals surface area contributed by atoms with Gasteiger partial charge in [0.05, 0.1) is 19.8 Å². The number of carbonyl (C=O) groups excluding carboxylic acids is 2. The van der Waals surface area contributed by atoms with E-state index in [0.717, 1.165) is 22.2 Å². The fraction of sp³-hybridized carbons (Fsp3) is 0.290. The second-order valence-corrected chi connectivity index (χ2v) is 10.5. The molecule has 1 atom stereocenters. The number of anilines is 1. The Morgan fingerprint density at radius 1 is 1.07 bits per heavy atom. The molecule has 3 aromatic carbocycles. The lowest BCUT2D eigenvalue weighted by Gasteiger charge is -2.50. The second-order valence-electron chi connectivity index (χ2n) is 10.5. The van der Waals surface area contributed by atoms with Crippen LogP contribution in [0.2, 0.25) is 0 Å². The molecule has 2 aliphatic rings. The zero-order valence-electron chi connectivity index (χ0n) is 22.2. The minimum Gasteiger partial charge on any atom is -0.497 e. The fourth-order valence-electron chi connectivity index (χ4n) is 6.28. The molecule has 0 unspecified atom stereocenters. The highest BCUT2D eigenvalue weighted by molar-refractivity contribution is 5.96. The van der Waals surface area contributed by atoms with Gasteiger partial charge in [0, 0.05) is 59.0 Å². The quantitative estimate of drug-likeness (QED) is 0.335. The highest BCUT2D eigenvalue weighted by atomic mass is 19.1. The first-order valence-corrected chi connectivity index (χ1v) is 13.4. The Morgan fingerprint density at radius 3 is 2.55 bits per heavy atom. The molecule has 1 spiro atoms. The molecule has 3 amide bonds. The molecule has 1 fully saturated rings. The van der Waals surface area contributed by atoms with Gasteiger partial charge in [-0.3, -0.25) is 4.79 Å². The van der Waals surface area contributed by atoms with Gasteiger partial charge in [0.15, 0.2) is 0 Å². The van der Waals surface area contributed by atoms with Gasteiger partial charge in [0.25, 0.3) is 5.91 Å². The highest BCUT2D eigenvalue weighted by Crippen LogP contribution is 2.49. The van der Waals surface area contributed by atoms with Crippen molar-refractivity contribution in [3.8, 4) is 5.75 Å². The Hall–Kier alpha value is -4.37. The number of nitrogens with zero attached hydrogens (tertiary/aromatic N) is 2. The Morgan fingerprint density at radius 2 is 1.85 bits per heavy atom. The highest BCUT2D eigenvalue weighted by Gasteiger charge is 2.49. The Labute approximate surface area is 231 Å². The molecule has 8 nitrogen and oxygen atoms in total. The predicted octanol–water partition coefficient (Wildman–Crippen LogP) is 5.07. The number of ether oxygens (including phenoxy) is 1. The number of aliphatic hydroxyl groups excluding tert-OH is 1. The largest absolute Gasteiger partial charge is 0.497 e. The molecule has 9 heteroatoms. The SMILES string of the molecule is COc1ccc2c3c([nH]c2c1)[C@H](CO)N(C(=O)c1ccccc1)CC31CCN(C(=O)Nc2cccc(F)c2)CC1. The van der Waals surface area contributed by atoms with Crippen LogP contribution in [0, 0.1) is 5.82 Å². The van der Waals surface area contributed by atoms with E-state index in [1.807, 2.05) is 36.4 Å². The summed E-state index contributed by atoms with van der Waals surface area (Å²) in [5.74, 6) is 0.150. The maximum atomic E-state index is 13.8. The molecule has 0 bridgehead atoms. The van der Waals surface area contributed by atoms with Gasteiger partial charge < -0.3 is 29.9 Å². The van der Waals surface area contributed by atoms with Crippen LogP contribution < -0.4 is 10.1 Å². The maximum Gasteiger partial charge on any atom is 0.321 e. The molecule has 6 rings (SSSR count). The van der Waals surface area contributed by atoms with Crippen molar-refractivity contribution in [2.24, 2.45) is 0 Å². The molecule has 0 radical (unpaired) electrons. The predicted molar refractivity (Wildman–Crippen MR) is 150 cm³/mol. The number of benzene rings is 3. The van der Waals surface area contributed by atoms with Crippen LogP contribution in [0.5, 0.6) is 5.75 Å². The van der Waals surface area contributed by atoms with E-state index in [-0.39, 0.29) is 18.5 Å². The summed E-state index contributed by atoms with van der Waals surface area (Å²) in [5.41, 5.74) is 3.31. The van der Waals surface area contributed by atoms with Gasteiger partial charge in [-0.1, -0.05) is 24.3 Å². The standard InChI is InChI=1S/C31H31FN4O4/c1-40-23-10-11-24-25(17-23)34-28-26(18-37)36(29(38)20-6-3-2-4-7-20)19-31(27(24)28)12-14-35(15-13-31)30(39)33-22-9-5-8-21(32)16-22/h2-11,16-17,26,34,37H,12-15,18-19H2,1H3,(H,33,39)/t26-/m0/s1. The van der Waals surface area contributed by atoms with Crippen LogP contribution in [0.4, 0.5) is 14.9 Å². The molecule has 1 saturated heterocycles. The van der Waals surface area contributed by atoms with E-state index < -0.39 is 17.3 Å². The van der Waals surface area contributed by atoms with Crippen LogP contribution in [0.1, 0.15) is 40.5 Å². The fourth-order valence-corrected chi connectivity index (χ4v) is 6.28. The van der Waals surface area contributed by atoms with Gasteiger partial charge in [-0.05, 0) is 60.9 Å². The second kappa shape index (κ2) is 10.3. The monoisotopic (exact) mass is 542 g/mol. The average Bonchev–Trinajstić information content (AvgIpc) is 3.37. The number of amides is 3. The summed E-state index contributed by atoms with van der Waals surface area (Å²) in [7, 11) is 1.62. The molecule has 3 N–H and O–H groups in total. The normalized spacial score (nSPS) is 18.0. The first kappa shape index (κ1) is 25.9. The van der Waals surface area contributed by atoms with E-state index in [0.29, 0.717) is 49.5 Å². The molecule has 3 heterocycles. The molecule has 1 aromatic heterocycles. The topological polar surface area (TPSA) is 97.9 Å². The molecule has 0 aliphatic carbocycles. The van der Waals surface area contributed by atoms with Crippen LogP contribution >= 0.6 is 0 Å². The van der Waals surface area contributed by atoms with Crippen LogP contribution in [-0.4, -0.2) is 65.2 Å². The van der Waals surface area contributed by atoms with Crippen molar-refractivity contribution in [3.63, 3.8) is 0 Å². The number of nitrogens with one attached hydrogen (secondary N) is 2. The number of H-pyrrole nitrogens is 1. The van der Waals surface area contributed by atoms with Crippen molar-refractivity contribution < 1.29 is 23.8 Å². The minimum atomic E-state index is -0.541. The molecule has 206 valence electrons. The first-order valence-electron chi connectivity index (χ1n) is 13.4.